The van der Waals surface area contributed by atoms with Crippen molar-refractivity contribution >= 4 is 5.69 Å². The molecule has 3 rings (SSSR count). The second-order valence-electron chi connectivity index (χ2n) is 6.89. The number of aliphatic hydroxyl groups is 1. The minimum atomic E-state index is -0.563. The molecule has 2 aromatic carbocycles. The van der Waals surface area contributed by atoms with E-state index in [0.717, 1.165) is 26.2 Å². The monoisotopic (exact) mass is 358 g/mol. The molecule has 26 heavy (non-hydrogen) atoms. The fourth-order valence-corrected chi connectivity index (χ4v) is 3.28. The summed E-state index contributed by atoms with van der Waals surface area (Å²) in [6, 6.07) is 15.1. The zero-order chi connectivity index (χ0) is 18.4. The SMILES string of the molecule is Cc1cccc(N2CCN(CC(O)COCc3ccccc3F)CC2)c1. The number of piperazine rings is 1. The average Bonchev–Trinajstić information content (AvgIpc) is 2.64. The third-order valence-electron chi connectivity index (χ3n) is 4.73. The first-order valence-electron chi connectivity index (χ1n) is 9.15. The summed E-state index contributed by atoms with van der Waals surface area (Å²) in [5, 5.41) is 10.2. The summed E-state index contributed by atoms with van der Waals surface area (Å²) in [6.45, 7) is 6.82. The van der Waals surface area contributed by atoms with Crippen LogP contribution in [0.5, 0.6) is 0 Å². The average molecular weight is 358 g/mol. The van der Waals surface area contributed by atoms with Gasteiger partial charge in [0.15, 0.2) is 0 Å². The van der Waals surface area contributed by atoms with Crippen molar-refractivity contribution in [2.75, 3.05) is 44.2 Å². The van der Waals surface area contributed by atoms with Crippen LogP contribution >= 0.6 is 0 Å². The maximum atomic E-state index is 13.5. The Morgan fingerprint density at radius 3 is 2.58 bits per heavy atom. The van der Waals surface area contributed by atoms with Crippen LogP contribution in [0, 0.1) is 12.7 Å². The van der Waals surface area contributed by atoms with Crippen molar-refractivity contribution in [3.63, 3.8) is 0 Å². The van der Waals surface area contributed by atoms with Crippen molar-refractivity contribution in [3.8, 4) is 0 Å². The zero-order valence-corrected chi connectivity index (χ0v) is 15.3. The number of benzene rings is 2. The molecule has 0 bridgehead atoms. The van der Waals surface area contributed by atoms with Gasteiger partial charge in [0.05, 0.1) is 19.3 Å². The summed E-state index contributed by atoms with van der Waals surface area (Å²) < 4.78 is 19.0. The minimum absolute atomic E-state index is 0.185. The number of nitrogens with zero attached hydrogens (tertiary/aromatic N) is 2. The van der Waals surface area contributed by atoms with Crippen LogP contribution in [0.1, 0.15) is 11.1 Å². The van der Waals surface area contributed by atoms with E-state index >= 15 is 0 Å². The summed E-state index contributed by atoms with van der Waals surface area (Å²) in [5.74, 6) is -0.269. The first-order chi connectivity index (χ1) is 12.6. The summed E-state index contributed by atoms with van der Waals surface area (Å²) in [4.78, 5) is 4.63. The van der Waals surface area contributed by atoms with Crippen LogP contribution in [0.25, 0.3) is 0 Å². The highest BCUT2D eigenvalue weighted by molar-refractivity contribution is 5.48. The molecule has 5 heteroatoms. The molecule has 0 amide bonds. The van der Waals surface area contributed by atoms with Crippen LogP contribution < -0.4 is 4.90 Å². The van der Waals surface area contributed by atoms with Crippen molar-refractivity contribution in [1.29, 1.82) is 0 Å². The van der Waals surface area contributed by atoms with Crippen molar-refractivity contribution in [1.82, 2.24) is 4.90 Å². The molecule has 0 aromatic heterocycles. The molecule has 2 aromatic rings. The Bertz CT molecular complexity index is 702. The Hall–Kier alpha value is -1.95. The number of hydrogen-bond acceptors (Lipinski definition) is 4. The van der Waals surface area contributed by atoms with E-state index in [-0.39, 0.29) is 19.0 Å². The van der Waals surface area contributed by atoms with Gasteiger partial charge in [-0.3, -0.25) is 4.90 Å². The fraction of sp³-hybridized carbons (Fsp3) is 0.429. The molecule has 0 saturated carbocycles. The van der Waals surface area contributed by atoms with Crippen LogP contribution in [-0.2, 0) is 11.3 Å². The van der Waals surface area contributed by atoms with E-state index in [9.17, 15) is 9.50 Å². The molecule has 140 valence electrons. The second kappa shape index (κ2) is 9.12. The quantitative estimate of drug-likeness (QED) is 0.826. The standard InChI is InChI=1S/C21H27FN2O2/c1-17-5-4-7-19(13-17)24-11-9-23(10-12-24)14-20(25)16-26-15-18-6-2-3-8-21(18)22/h2-8,13,20,25H,9-12,14-16H2,1H3. The highest BCUT2D eigenvalue weighted by atomic mass is 19.1. The van der Waals surface area contributed by atoms with Gasteiger partial charge in [-0.05, 0) is 30.7 Å². The molecule has 0 radical (unpaired) electrons. The molecule has 0 aliphatic carbocycles. The lowest BCUT2D eigenvalue weighted by Gasteiger charge is -2.37. The third kappa shape index (κ3) is 5.27. The number of aryl methyl sites for hydroxylation is 1. The molecule has 4 nitrogen and oxygen atoms in total. The Balaban J connectivity index is 1.38. The lowest BCUT2D eigenvalue weighted by Crippen LogP contribution is -2.49. The summed E-state index contributed by atoms with van der Waals surface area (Å²) >= 11 is 0. The Kier molecular flexibility index (Phi) is 6.61. The van der Waals surface area contributed by atoms with E-state index in [1.54, 1.807) is 18.2 Å². The Labute approximate surface area is 154 Å². The Morgan fingerprint density at radius 1 is 1.08 bits per heavy atom. The van der Waals surface area contributed by atoms with Crippen LogP contribution in [-0.4, -0.2) is 55.4 Å². The number of β-amino-alcohol motifs (C(OH)–C–C–N with tert-alkyl or cyclic N) is 1. The lowest BCUT2D eigenvalue weighted by molar-refractivity contribution is 0.00839. The topological polar surface area (TPSA) is 35.9 Å². The first-order valence-corrected chi connectivity index (χ1v) is 9.15. The van der Waals surface area contributed by atoms with Gasteiger partial charge in [0.1, 0.15) is 5.82 Å². The first kappa shape index (κ1) is 18.8. The van der Waals surface area contributed by atoms with E-state index in [4.69, 9.17) is 4.74 Å². The van der Waals surface area contributed by atoms with Crippen LogP contribution in [0.4, 0.5) is 10.1 Å². The molecule has 1 heterocycles. The molecule has 1 aliphatic heterocycles. The molecule has 1 saturated heterocycles. The largest absolute Gasteiger partial charge is 0.389 e. The lowest BCUT2D eigenvalue weighted by atomic mass is 10.2. The van der Waals surface area contributed by atoms with Gasteiger partial charge >= 0.3 is 0 Å². The van der Waals surface area contributed by atoms with E-state index < -0.39 is 6.10 Å². The summed E-state index contributed by atoms with van der Waals surface area (Å²) in [6.07, 6.45) is -0.563. The molecule has 1 aliphatic rings. The van der Waals surface area contributed by atoms with E-state index in [2.05, 4.69) is 41.0 Å². The van der Waals surface area contributed by atoms with Crippen LogP contribution in [0.2, 0.25) is 0 Å². The zero-order valence-electron chi connectivity index (χ0n) is 15.3. The number of aliphatic hydroxyl groups excluding tert-OH is 1. The number of hydrogen-bond donors (Lipinski definition) is 1. The molecule has 0 spiro atoms. The van der Waals surface area contributed by atoms with Gasteiger partial charge in [0, 0.05) is 44.0 Å². The van der Waals surface area contributed by atoms with Gasteiger partial charge in [0.2, 0.25) is 0 Å². The maximum absolute atomic E-state index is 13.5. The van der Waals surface area contributed by atoms with E-state index in [1.807, 2.05) is 0 Å². The van der Waals surface area contributed by atoms with E-state index in [1.165, 1.54) is 17.3 Å². The van der Waals surface area contributed by atoms with Crippen molar-refractivity contribution < 1.29 is 14.2 Å². The molecular weight excluding hydrogens is 331 g/mol. The molecule has 1 atom stereocenters. The molecule has 1 N–H and O–H groups in total. The third-order valence-corrected chi connectivity index (χ3v) is 4.73. The molecule has 1 unspecified atom stereocenters. The predicted molar refractivity (Wildman–Crippen MR) is 102 cm³/mol. The molecule has 1 fully saturated rings. The fourth-order valence-electron chi connectivity index (χ4n) is 3.28. The predicted octanol–water partition coefficient (Wildman–Crippen LogP) is 2.83. The maximum Gasteiger partial charge on any atom is 0.128 e. The number of rotatable bonds is 7. The van der Waals surface area contributed by atoms with Crippen molar-refractivity contribution in [2.45, 2.75) is 19.6 Å². The molecular formula is C21H27FN2O2. The van der Waals surface area contributed by atoms with Gasteiger partial charge in [-0.2, -0.15) is 0 Å². The van der Waals surface area contributed by atoms with Gasteiger partial charge in [-0.25, -0.2) is 4.39 Å². The summed E-state index contributed by atoms with van der Waals surface area (Å²) in [5.41, 5.74) is 3.05. The van der Waals surface area contributed by atoms with Gasteiger partial charge in [-0.1, -0.05) is 30.3 Å². The smallest absolute Gasteiger partial charge is 0.128 e. The van der Waals surface area contributed by atoms with Crippen LogP contribution in [0.15, 0.2) is 48.5 Å². The second-order valence-corrected chi connectivity index (χ2v) is 6.89. The highest BCUT2D eigenvalue weighted by Crippen LogP contribution is 2.18. The Morgan fingerprint density at radius 2 is 1.85 bits per heavy atom. The number of ether oxygens (including phenoxy) is 1. The van der Waals surface area contributed by atoms with E-state index in [0.29, 0.717) is 12.1 Å². The summed E-state index contributed by atoms with van der Waals surface area (Å²) in [7, 11) is 0. The van der Waals surface area contributed by atoms with Crippen molar-refractivity contribution in [3.05, 3.63) is 65.5 Å². The van der Waals surface area contributed by atoms with Gasteiger partial charge in [-0.15, -0.1) is 0 Å². The highest BCUT2D eigenvalue weighted by Gasteiger charge is 2.19. The normalized spacial score (nSPS) is 16.7. The minimum Gasteiger partial charge on any atom is -0.389 e. The number of anilines is 1. The number of halogens is 1. The van der Waals surface area contributed by atoms with Crippen LogP contribution in [0.3, 0.4) is 0 Å². The van der Waals surface area contributed by atoms with Crippen molar-refractivity contribution in [2.24, 2.45) is 0 Å². The van der Waals surface area contributed by atoms with Gasteiger partial charge in [0.25, 0.3) is 0 Å². The van der Waals surface area contributed by atoms with Gasteiger partial charge < -0.3 is 14.7 Å².